The number of carbonyl (C=O) groups is 1. The first kappa shape index (κ1) is 19.6. The van der Waals surface area contributed by atoms with Gasteiger partial charge in [-0.25, -0.2) is 4.99 Å². The topological polar surface area (TPSA) is 87.4 Å². The molecule has 1 aromatic heterocycles. The number of nitrogens with one attached hydrogen (secondary N) is 2. The molecule has 3 rings (SSSR count). The molecule has 8 heteroatoms. The first-order valence-electron chi connectivity index (χ1n) is 10.3. The van der Waals surface area contributed by atoms with Crippen molar-refractivity contribution in [2.24, 2.45) is 12.0 Å². The van der Waals surface area contributed by atoms with Crippen LogP contribution in [0.3, 0.4) is 0 Å². The van der Waals surface area contributed by atoms with Gasteiger partial charge in [-0.3, -0.25) is 4.79 Å². The van der Waals surface area contributed by atoms with Gasteiger partial charge in [0.2, 0.25) is 5.91 Å². The molecule has 2 fully saturated rings. The zero-order chi connectivity index (χ0) is 19.1. The summed E-state index contributed by atoms with van der Waals surface area (Å²) in [4.78, 5) is 18.4. The molecule has 1 aromatic rings. The standard InChI is InChI=1S/C19H33N7O/c1-15-23-24-17(25(15)2)14-21-19(22-16-8-4-3-5-9-16)20-11-7-13-26-12-6-10-18(26)27/h16H,3-14H2,1-2H3,(H2,20,21,22). The maximum absolute atomic E-state index is 11.7. The molecule has 8 nitrogen and oxygen atoms in total. The molecular formula is C19H33N7O. The van der Waals surface area contributed by atoms with E-state index in [1.165, 1.54) is 32.1 Å². The number of likely N-dealkylation sites (tertiary alicyclic amines) is 1. The minimum atomic E-state index is 0.293. The van der Waals surface area contributed by atoms with E-state index in [9.17, 15) is 4.79 Å². The van der Waals surface area contributed by atoms with Crippen LogP contribution in [0.15, 0.2) is 4.99 Å². The van der Waals surface area contributed by atoms with E-state index in [-0.39, 0.29) is 0 Å². The Morgan fingerprint density at radius 2 is 2.04 bits per heavy atom. The zero-order valence-corrected chi connectivity index (χ0v) is 16.7. The molecule has 1 aliphatic carbocycles. The minimum absolute atomic E-state index is 0.293. The highest BCUT2D eigenvalue weighted by Crippen LogP contribution is 2.17. The average molecular weight is 376 g/mol. The highest BCUT2D eigenvalue weighted by molar-refractivity contribution is 5.80. The lowest BCUT2D eigenvalue weighted by atomic mass is 9.96. The zero-order valence-electron chi connectivity index (χ0n) is 16.7. The smallest absolute Gasteiger partial charge is 0.222 e. The Hall–Kier alpha value is -2.12. The molecule has 0 aromatic carbocycles. The monoisotopic (exact) mass is 375 g/mol. The van der Waals surface area contributed by atoms with Crippen molar-refractivity contribution in [3.05, 3.63) is 11.6 Å². The SMILES string of the molecule is Cc1nnc(CN=C(NCCCN2CCCC2=O)NC2CCCCC2)n1C. The average Bonchev–Trinajstić information content (AvgIpc) is 3.23. The Balaban J connectivity index is 1.52. The normalized spacial score (nSPS) is 19.0. The number of aromatic nitrogens is 3. The number of amides is 1. The molecule has 0 spiro atoms. The third kappa shape index (κ3) is 5.68. The van der Waals surface area contributed by atoms with Gasteiger partial charge in [0, 0.05) is 39.1 Å². The van der Waals surface area contributed by atoms with Gasteiger partial charge in [0.1, 0.15) is 12.4 Å². The number of guanidine groups is 1. The first-order valence-corrected chi connectivity index (χ1v) is 10.3. The number of nitrogens with zero attached hydrogens (tertiary/aromatic N) is 5. The maximum atomic E-state index is 11.7. The molecule has 0 radical (unpaired) electrons. The Bertz CT molecular complexity index is 648. The molecule has 27 heavy (non-hydrogen) atoms. The van der Waals surface area contributed by atoms with Crippen LogP contribution in [-0.4, -0.2) is 57.2 Å². The molecule has 2 N–H and O–H groups in total. The largest absolute Gasteiger partial charge is 0.356 e. The van der Waals surface area contributed by atoms with Crippen LogP contribution >= 0.6 is 0 Å². The van der Waals surface area contributed by atoms with Gasteiger partial charge in [0.15, 0.2) is 11.8 Å². The molecule has 1 saturated carbocycles. The molecule has 0 atom stereocenters. The molecule has 2 aliphatic rings. The second-order valence-corrected chi connectivity index (χ2v) is 7.63. The fraction of sp³-hybridized carbons (Fsp3) is 0.789. The van der Waals surface area contributed by atoms with E-state index >= 15 is 0 Å². The summed E-state index contributed by atoms with van der Waals surface area (Å²) in [5, 5.41) is 15.3. The summed E-state index contributed by atoms with van der Waals surface area (Å²) in [6, 6.07) is 0.492. The summed E-state index contributed by atoms with van der Waals surface area (Å²) in [5.41, 5.74) is 0. The van der Waals surface area contributed by atoms with Crippen molar-refractivity contribution in [2.45, 2.75) is 70.9 Å². The number of aryl methyl sites for hydroxylation is 1. The number of rotatable bonds is 7. The van der Waals surface area contributed by atoms with Gasteiger partial charge in [-0.05, 0) is 32.6 Å². The van der Waals surface area contributed by atoms with Crippen LogP contribution in [0.1, 0.15) is 63.0 Å². The third-order valence-corrected chi connectivity index (χ3v) is 5.58. The molecule has 1 aliphatic heterocycles. The van der Waals surface area contributed by atoms with Crippen molar-refractivity contribution in [3.63, 3.8) is 0 Å². The first-order chi connectivity index (χ1) is 13.1. The van der Waals surface area contributed by atoms with Gasteiger partial charge in [0.25, 0.3) is 0 Å². The molecule has 150 valence electrons. The molecular weight excluding hydrogens is 342 g/mol. The van der Waals surface area contributed by atoms with Crippen LogP contribution in [0.4, 0.5) is 0 Å². The van der Waals surface area contributed by atoms with Crippen molar-refractivity contribution >= 4 is 11.9 Å². The van der Waals surface area contributed by atoms with E-state index < -0.39 is 0 Å². The van der Waals surface area contributed by atoms with Crippen LogP contribution in [0.25, 0.3) is 0 Å². The quantitative estimate of drug-likeness (QED) is 0.428. The Kier molecular flexibility index (Phi) is 7.06. The second-order valence-electron chi connectivity index (χ2n) is 7.63. The van der Waals surface area contributed by atoms with Crippen molar-refractivity contribution in [2.75, 3.05) is 19.6 Å². The van der Waals surface area contributed by atoms with Crippen LogP contribution < -0.4 is 10.6 Å². The summed E-state index contributed by atoms with van der Waals surface area (Å²) in [6.07, 6.45) is 8.94. The van der Waals surface area contributed by atoms with Gasteiger partial charge >= 0.3 is 0 Å². The summed E-state index contributed by atoms with van der Waals surface area (Å²) < 4.78 is 1.97. The van der Waals surface area contributed by atoms with Crippen LogP contribution in [0.2, 0.25) is 0 Å². The van der Waals surface area contributed by atoms with Crippen LogP contribution in [-0.2, 0) is 18.4 Å². The number of hydrogen-bond donors (Lipinski definition) is 2. The number of aliphatic imine (C=N–C) groups is 1. The van der Waals surface area contributed by atoms with Gasteiger partial charge < -0.3 is 20.1 Å². The lowest BCUT2D eigenvalue weighted by Gasteiger charge is -2.25. The molecule has 0 bridgehead atoms. The summed E-state index contributed by atoms with van der Waals surface area (Å²) in [6.45, 7) is 4.99. The number of hydrogen-bond acceptors (Lipinski definition) is 4. The highest BCUT2D eigenvalue weighted by atomic mass is 16.2. The predicted molar refractivity (Wildman–Crippen MR) is 105 cm³/mol. The lowest BCUT2D eigenvalue weighted by molar-refractivity contribution is -0.127. The Morgan fingerprint density at radius 1 is 1.22 bits per heavy atom. The van der Waals surface area contributed by atoms with E-state index in [0.29, 0.717) is 24.9 Å². The maximum Gasteiger partial charge on any atom is 0.222 e. The summed E-state index contributed by atoms with van der Waals surface area (Å²) in [5.74, 6) is 2.89. The third-order valence-electron chi connectivity index (χ3n) is 5.58. The molecule has 0 unspecified atom stereocenters. The van der Waals surface area contributed by atoms with E-state index in [4.69, 9.17) is 4.99 Å². The van der Waals surface area contributed by atoms with Crippen molar-refractivity contribution in [3.8, 4) is 0 Å². The predicted octanol–water partition coefficient (Wildman–Crippen LogP) is 1.50. The van der Waals surface area contributed by atoms with E-state index in [1.54, 1.807) is 0 Å². The van der Waals surface area contributed by atoms with Gasteiger partial charge in [0.05, 0.1) is 0 Å². The molecule has 2 heterocycles. The lowest BCUT2D eigenvalue weighted by Crippen LogP contribution is -2.45. The summed E-state index contributed by atoms with van der Waals surface area (Å²) >= 11 is 0. The van der Waals surface area contributed by atoms with Crippen molar-refractivity contribution in [1.82, 2.24) is 30.3 Å². The second kappa shape index (κ2) is 9.71. The molecule has 1 saturated heterocycles. The van der Waals surface area contributed by atoms with E-state index in [2.05, 4.69) is 20.8 Å². The number of carbonyl (C=O) groups excluding carboxylic acids is 1. The van der Waals surface area contributed by atoms with E-state index in [0.717, 1.165) is 50.1 Å². The minimum Gasteiger partial charge on any atom is -0.356 e. The van der Waals surface area contributed by atoms with Gasteiger partial charge in [-0.2, -0.15) is 0 Å². The van der Waals surface area contributed by atoms with Crippen molar-refractivity contribution in [1.29, 1.82) is 0 Å². The van der Waals surface area contributed by atoms with Gasteiger partial charge in [-0.15, -0.1) is 10.2 Å². The fourth-order valence-corrected chi connectivity index (χ4v) is 3.75. The summed E-state index contributed by atoms with van der Waals surface area (Å²) in [7, 11) is 1.97. The fourth-order valence-electron chi connectivity index (χ4n) is 3.75. The van der Waals surface area contributed by atoms with Crippen LogP contribution in [0, 0.1) is 6.92 Å². The Morgan fingerprint density at radius 3 is 2.70 bits per heavy atom. The van der Waals surface area contributed by atoms with Crippen molar-refractivity contribution < 1.29 is 4.79 Å². The Labute approximate surface area is 161 Å². The van der Waals surface area contributed by atoms with Crippen LogP contribution in [0.5, 0.6) is 0 Å². The highest BCUT2D eigenvalue weighted by Gasteiger charge is 2.19. The van der Waals surface area contributed by atoms with E-state index in [1.807, 2.05) is 23.4 Å². The van der Waals surface area contributed by atoms with Gasteiger partial charge in [-0.1, -0.05) is 19.3 Å². The molecule has 1 amide bonds.